The Morgan fingerprint density at radius 2 is 1.68 bits per heavy atom. The summed E-state index contributed by atoms with van der Waals surface area (Å²) >= 11 is 0. The summed E-state index contributed by atoms with van der Waals surface area (Å²) < 4.78 is 6.22. The van der Waals surface area contributed by atoms with Crippen LogP contribution in [0.3, 0.4) is 0 Å². The highest BCUT2D eigenvalue weighted by Gasteiger charge is 2.37. The van der Waals surface area contributed by atoms with Gasteiger partial charge in [0.05, 0.1) is 0 Å². The molecule has 1 heterocycles. The molecule has 2 aromatic rings. The van der Waals surface area contributed by atoms with Crippen molar-refractivity contribution in [1.29, 1.82) is 0 Å². The van der Waals surface area contributed by atoms with Crippen LogP contribution < -0.4 is 4.74 Å². The fourth-order valence-corrected chi connectivity index (χ4v) is 5.06. The molecule has 1 aliphatic heterocycles. The molecule has 0 saturated carbocycles. The van der Waals surface area contributed by atoms with E-state index in [1.807, 2.05) is 38.1 Å². The number of benzene rings is 2. The normalized spacial score (nSPS) is 24.8. The van der Waals surface area contributed by atoms with E-state index < -0.39 is 5.41 Å². The van der Waals surface area contributed by atoms with Gasteiger partial charge in [0, 0.05) is 27.9 Å². The van der Waals surface area contributed by atoms with E-state index >= 15 is 0 Å². The molecule has 2 heteroatoms. The maximum absolute atomic E-state index is 12.8. The molecular weight excluding hydrogens is 380 g/mol. The standard InChI is InChI=1S/C29H28O2/c1-28(2)22-10-6-7-11-25(22)31-26-16-15-21(18-24(26)28)20-14-13-19-9-5-8-12-27(30)29(3,4)23(19)17-20/h5-12,14-19H,13H2,1-4H3/b9-5-,12-8-. The molecule has 0 saturated heterocycles. The summed E-state index contributed by atoms with van der Waals surface area (Å²) in [5.41, 5.74) is 5.29. The molecule has 1 unspecified atom stereocenters. The molecule has 156 valence electrons. The minimum absolute atomic E-state index is 0.145. The quantitative estimate of drug-likeness (QED) is 0.500. The summed E-state index contributed by atoms with van der Waals surface area (Å²) in [6, 6.07) is 14.8. The van der Waals surface area contributed by atoms with E-state index in [1.165, 1.54) is 27.8 Å². The number of hydrogen-bond donors (Lipinski definition) is 0. The van der Waals surface area contributed by atoms with Crippen molar-refractivity contribution in [2.45, 2.75) is 39.5 Å². The van der Waals surface area contributed by atoms with Gasteiger partial charge in [0.2, 0.25) is 0 Å². The number of para-hydroxylation sites is 1. The van der Waals surface area contributed by atoms with Crippen LogP contribution in [0.25, 0.3) is 5.57 Å². The monoisotopic (exact) mass is 408 g/mol. The van der Waals surface area contributed by atoms with E-state index in [4.69, 9.17) is 4.74 Å². The Morgan fingerprint density at radius 1 is 0.903 bits per heavy atom. The molecule has 0 N–H and O–H groups in total. The molecule has 0 spiro atoms. The highest BCUT2D eigenvalue weighted by molar-refractivity contribution is 5.98. The second kappa shape index (κ2) is 6.95. The average Bonchev–Trinajstić information content (AvgIpc) is 2.76. The topological polar surface area (TPSA) is 26.3 Å². The third kappa shape index (κ3) is 3.13. The molecule has 0 bridgehead atoms. The molecule has 2 aromatic carbocycles. The van der Waals surface area contributed by atoms with Crippen LogP contribution in [0.1, 0.15) is 50.8 Å². The van der Waals surface area contributed by atoms with Crippen LogP contribution in [0.2, 0.25) is 0 Å². The van der Waals surface area contributed by atoms with Crippen LogP contribution in [-0.4, -0.2) is 5.78 Å². The number of allylic oxidation sites excluding steroid dienone is 8. The van der Waals surface area contributed by atoms with E-state index in [9.17, 15) is 4.79 Å². The van der Waals surface area contributed by atoms with Crippen LogP contribution >= 0.6 is 0 Å². The van der Waals surface area contributed by atoms with Crippen molar-refractivity contribution in [2.24, 2.45) is 11.3 Å². The Kier molecular flexibility index (Phi) is 4.44. The molecule has 2 nitrogen and oxygen atoms in total. The van der Waals surface area contributed by atoms with E-state index in [1.54, 1.807) is 6.08 Å². The Bertz CT molecular complexity index is 1200. The van der Waals surface area contributed by atoms with Gasteiger partial charge in [-0.25, -0.2) is 0 Å². The third-order valence-electron chi connectivity index (χ3n) is 7.11. The predicted molar refractivity (Wildman–Crippen MR) is 126 cm³/mol. The number of ketones is 1. The van der Waals surface area contributed by atoms with Gasteiger partial charge in [0.25, 0.3) is 0 Å². The van der Waals surface area contributed by atoms with E-state index in [2.05, 4.69) is 62.4 Å². The zero-order valence-electron chi connectivity index (χ0n) is 18.6. The summed E-state index contributed by atoms with van der Waals surface area (Å²) in [5, 5.41) is 0. The van der Waals surface area contributed by atoms with Crippen LogP contribution in [-0.2, 0) is 10.2 Å². The number of ether oxygens (including phenoxy) is 1. The zero-order valence-corrected chi connectivity index (χ0v) is 18.6. The number of carbonyl (C=O) groups excluding carboxylic acids is 1. The number of carbonyl (C=O) groups is 1. The Labute approximate surface area is 184 Å². The van der Waals surface area contributed by atoms with Crippen molar-refractivity contribution in [3.05, 3.63) is 101 Å². The summed E-state index contributed by atoms with van der Waals surface area (Å²) in [6.07, 6.45) is 13.2. The molecule has 1 atom stereocenters. The van der Waals surface area contributed by atoms with Gasteiger partial charge in [-0.1, -0.05) is 68.5 Å². The Morgan fingerprint density at radius 3 is 2.52 bits per heavy atom. The van der Waals surface area contributed by atoms with Crippen molar-refractivity contribution in [3.8, 4) is 11.5 Å². The van der Waals surface area contributed by atoms with E-state index in [0.29, 0.717) is 0 Å². The second-order valence-electron chi connectivity index (χ2n) is 9.77. The Balaban J connectivity index is 1.58. The lowest BCUT2D eigenvalue weighted by atomic mass is 9.69. The Hall–Kier alpha value is -3.13. The first-order chi connectivity index (χ1) is 14.8. The lowest BCUT2D eigenvalue weighted by molar-refractivity contribution is -0.120. The molecule has 5 rings (SSSR count). The first-order valence-electron chi connectivity index (χ1n) is 11.0. The predicted octanol–water partition coefficient (Wildman–Crippen LogP) is 7.17. The summed E-state index contributed by atoms with van der Waals surface area (Å²) in [4.78, 5) is 12.8. The molecule has 0 fully saturated rings. The summed E-state index contributed by atoms with van der Waals surface area (Å²) in [7, 11) is 0. The zero-order chi connectivity index (χ0) is 21.8. The lowest BCUT2D eigenvalue weighted by Crippen LogP contribution is -2.30. The molecule has 3 aliphatic rings. The van der Waals surface area contributed by atoms with Gasteiger partial charge in [-0.2, -0.15) is 0 Å². The van der Waals surface area contributed by atoms with Crippen LogP contribution in [0.15, 0.2) is 84.5 Å². The molecular formula is C29H28O2. The van der Waals surface area contributed by atoms with Crippen molar-refractivity contribution >= 4 is 11.4 Å². The smallest absolute Gasteiger partial charge is 0.165 e. The second-order valence-corrected chi connectivity index (χ2v) is 9.77. The van der Waals surface area contributed by atoms with E-state index in [0.717, 1.165) is 17.9 Å². The highest BCUT2D eigenvalue weighted by Crippen LogP contribution is 2.49. The largest absolute Gasteiger partial charge is 0.457 e. The summed E-state index contributed by atoms with van der Waals surface area (Å²) in [6.45, 7) is 8.60. The first-order valence-corrected chi connectivity index (χ1v) is 11.0. The maximum Gasteiger partial charge on any atom is 0.165 e. The molecule has 0 radical (unpaired) electrons. The number of hydrogen-bond acceptors (Lipinski definition) is 2. The van der Waals surface area contributed by atoms with Crippen LogP contribution in [0.5, 0.6) is 11.5 Å². The average molecular weight is 409 g/mol. The molecule has 0 amide bonds. The molecule has 0 aromatic heterocycles. The fraction of sp³-hybridized carbons (Fsp3) is 0.276. The van der Waals surface area contributed by atoms with Gasteiger partial charge >= 0.3 is 0 Å². The van der Waals surface area contributed by atoms with Crippen LogP contribution in [0.4, 0.5) is 0 Å². The minimum Gasteiger partial charge on any atom is -0.457 e. The molecule has 2 aliphatic carbocycles. The van der Waals surface area contributed by atoms with Gasteiger partial charge in [-0.15, -0.1) is 0 Å². The van der Waals surface area contributed by atoms with Crippen molar-refractivity contribution < 1.29 is 9.53 Å². The number of rotatable bonds is 1. The van der Waals surface area contributed by atoms with Crippen molar-refractivity contribution in [3.63, 3.8) is 0 Å². The van der Waals surface area contributed by atoms with Crippen molar-refractivity contribution in [2.75, 3.05) is 0 Å². The highest BCUT2D eigenvalue weighted by atomic mass is 16.5. The van der Waals surface area contributed by atoms with Gasteiger partial charge in [-0.3, -0.25) is 4.79 Å². The van der Waals surface area contributed by atoms with Gasteiger partial charge in [-0.05, 0) is 61.3 Å². The van der Waals surface area contributed by atoms with E-state index in [-0.39, 0.29) is 17.1 Å². The minimum atomic E-state index is -0.513. The van der Waals surface area contributed by atoms with Gasteiger partial charge in [0.15, 0.2) is 5.78 Å². The van der Waals surface area contributed by atoms with Crippen molar-refractivity contribution in [1.82, 2.24) is 0 Å². The SMILES string of the molecule is CC1(C)C(=O)/C=C\C=C/C2CC=C(c3ccc4c(c3)C(C)(C)c3ccccc3O4)C=C21. The first kappa shape index (κ1) is 19.8. The summed E-state index contributed by atoms with van der Waals surface area (Å²) in [5.74, 6) is 2.27. The van der Waals surface area contributed by atoms with Gasteiger partial charge in [0.1, 0.15) is 11.5 Å². The molecule has 31 heavy (non-hydrogen) atoms. The number of fused-ring (bicyclic) bond motifs is 3. The lowest BCUT2D eigenvalue weighted by Gasteiger charge is -2.35. The third-order valence-corrected chi connectivity index (χ3v) is 7.11. The van der Waals surface area contributed by atoms with Crippen LogP contribution in [0, 0.1) is 11.3 Å². The van der Waals surface area contributed by atoms with Gasteiger partial charge < -0.3 is 4.74 Å². The fourth-order valence-electron chi connectivity index (χ4n) is 5.06. The maximum atomic E-state index is 12.8.